The minimum atomic E-state index is -0.125. The molecule has 2 aromatic rings. The summed E-state index contributed by atoms with van der Waals surface area (Å²) >= 11 is 14.8. The predicted octanol–water partition coefficient (Wildman–Crippen LogP) is 3.87. The molecule has 17 heteroatoms. The zero-order chi connectivity index (χ0) is 36.8. The summed E-state index contributed by atoms with van der Waals surface area (Å²) in [5.41, 5.74) is 2.16. The van der Waals surface area contributed by atoms with Crippen molar-refractivity contribution in [3.05, 3.63) is 47.3 Å². The Bertz CT molecular complexity index is 1220. The molecule has 2 unspecified atom stereocenters. The number of thiocyanates is 2. The summed E-state index contributed by atoms with van der Waals surface area (Å²) in [4.78, 5) is 31.2. The van der Waals surface area contributed by atoms with Crippen molar-refractivity contribution in [3.63, 3.8) is 0 Å². The van der Waals surface area contributed by atoms with Crippen LogP contribution in [0.3, 0.4) is 0 Å². The Morgan fingerprint density at radius 2 is 1.30 bits per heavy atom. The van der Waals surface area contributed by atoms with E-state index in [1.165, 1.54) is 26.8 Å². The molecule has 0 saturated carbocycles. The quantitative estimate of drug-likeness (QED) is 0.0705. The van der Waals surface area contributed by atoms with Crippen LogP contribution in [-0.2, 0) is 82.2 Å². The van der Waals surface area contributed by atoms with Gasteiger partial charge in [0.1, 0.15) is 11.9 Å². The topological polar surface area (TPSA) is 188 Å². The maximum Gasteiger partial charge on any atom is 0.243 e. The summed E-state index contributed by atoms with van der Waals surface area (Å²) in [6, 6.07) is 0.390. The van der Waals surface area contributed by atoms with Gasteiger partial charge in [-0.1, -0.05) is 90.6 Å². The van der Waals surface area contributed by atoms with Crippen LogP contribution in [0.15, 0.2) is 25.0 Å². The van der Waals surface area contributed by atoms with E-state index in [1.807, 2.05) is 66.5 Å². The number of nitriles is 2. The van der Waals surface area contributed by atoms with E-state index in [0.717, 1.165) is 12.1 Å². The van der Waals surface area contributed by atoms with Gasteiger partial charge >= 0.3 is 0 Å². The smallest absolute Gasteiger partial charge is 0.243 e. The third-order valence-corrected chi connectivity index (χ3v) is 5.45. The SMILES string of the molecule is CC(C)NC(Cc1c[n+](C)cn1C)C(=O)C(C)C.CC(C)NC(Cc1cnc[nH]1)C(=O)C(C)C.N#C[S-].N#C[S-].[N-]=C=S.[N-]=C=S.[Pd]. The number of imidazole rings is 2. The van der Waals surface area contributed by atoms with Gasteiger partial charge in [-0.05, 0) is 0 Å². The number of aromatic nitrogens is 4. The molecule has 0 aromatic carbocycles. The number of aromatic amines is 1. The standard InChI is InChI=1S/C14H26N3O.C12H21N3O.2CHNS.2CNS.Pd/c1-10(2)14(18)13(15-11(3)4)7-12-8-16(5)9-17(12)6;1-8(2)12(16)11(15-9(3)4)5-10-6-13-7-14-10;4*2-1-3;/h8-11,13,15H,7H2,1-6H3;6-9,11,15H,5H2,1-4H3,(H,13,14);2*3H;;;/q+1;;;;2*-1;/p-2. The fraction of sp³-hybridized carbons (Fsp3) is 0.600. The molecule has 0 spiro atoms. The number of rotatable bonds is 12. The van der Waals surface area contributed by atoms with Crippen molar-refractivity contribution < 1.29 is 34.6 Å². The van der Waals surface area contributed by atoms with Gasteiger partial charge in [0.2, 0.25) is 6.33 Å². The molecule has 0 aliphatic rings. The van der Waals surface area contributed by atoms with Crippen molar-refractivity contribution >= 4 is 71.6 Å². The van der Waals surface area contributed by atoms with Gasteiger partial charge in [0.15, 0.2) is 11.6 Å². The number of ketones is 2. The molecule has 0 amide bonds. The van der Waals surface area contributed by atoms with Gasteiger partial charge in [-0.2, -0.15) is 10.3 Å². The minimum absolute atomic E-state index is 0. The Morgan fingerprint density at radius 1 is 0.936 bits per heavy atom. The molecule has 2 heterocycles. The Labute approximate surface area is 316 Å². The number of hydrogen-bond donors (Lipinski definition) is 3. The molecule has 0 radical (unpaired) electrons. The summed E-state index contributed by atoms with van der Waals surface area (Å²) in [5.74, 6) is 0.658. The average Bonchev–Trinajstić information content (AvgIpc) is 3.57. The van der Waals surface area contributed by atoms with Crippen LogP contribution in [0.25, 0.3) is 10.8 Å². The fourth-order valence-electron chi connectivity index (χ4n) is 3.82. The summed E-state index contributed by atoms with van der Waals surface area (Å²) in [5, 5.41) is 40.5. The minimum Gasteiger partial charge on any atom is -0.753 e. The van der Waals surface area contributed by atoms with Crippen molar-refractivity contribution in [3.8, 4) is 10.8 Å². The number of nitrogens with one attached hydrogen (secondary N) is 3. The molecule has 0 aliphatic carbocycles. The molecule has 0 aliphatic heterocycles. The number of carbonyl (C=O) groups is 2. The van der Waals surface area contributed by atoms with Crippen molar-refractivity contribution in [2.75, 3.05) is 0 Å². The maximum atomic E-state index is 12.2. The summed E-state index contributed by atoms with van der Waals surface area (Å²) in [7, 11) is 4.01. The van der Waals surface area contributed by atoms with Crippen LogP contribution < -0.4 is 15.2 Å². The fourth-order valence-corrected chi connectivity index (χ4v) is 3.82. The van der Waals surface area contributed by atoms with Gasteiger partial charge in [0.25, 0.3) is 0 Å². The number of thiocarbonyl (C=S) groups is 2. The van der Waals surface area contributed by atoms with Gasteiger partial charge in [0.05, 0.1) is 32.5 Å². The first kappa shape index (κ1) is 53.8. The molecule has 0 bridgehead atoms. The normalized spacial score (nSPS) is 10.3. The molecule has 2 aromatic heterocycles. The Kier molecular flexibility index (Phi) is 39.7. The summed E-state index contributed by atoms with van der Waals surface area (Å²) < 4.78 is 4.09. The number of Topliss-reactive ketones (excluding diaryl/α,β-unsaturated/α-hetero) is 2. The van der Waals surface area contributed by atoms with Crippen LogP contribution in [0.4, 0.5) is 0 Å². The number of hydrogen-bond acceptors (Lipinski definition) is 11. The first-order valence-electron chi connectivity index (χ1n) is 14.1. The molecule has 266 valence electrons. The van der Waals surface area contributed by atoms with E-state index in [4.69, 9.17) is 21.3 Å². The summed E-state index contributed by atoms with van der Waals surface area (Å²) in [6.07, 6.45) is 8.91. The molecule has 47 heavy (non-hydrogen) atoms. The molecule has 0 saturated heterocycles. The van der Waals surface area contributed by atoms with Crippen molar-refractivity contribution in [1.82, 2.24) is 25.2 Å². The van der Waals surface area contributed by atoms with E-state index in [0.29, 0.717) is 18.5 Å². The van der Waals surface area contributed by atoms with Crippen molar-refractivity contribution in [1.29, 1.82) is 10.5 Å². The van der Waals surface area contributed by atoms with E-state index in [9.17, 15) is 9.59 Å². The first-order valence-corrected chi connectivity index (χ1v) is 15.7. The molecule has 2 rings (SSSR count). The molecular weight excluding hydrogens is 767 g/mol. The van der Waals surface area contributed by atoms with Crippen LogP contribution in [0.5, 0.6) is 0 Å². The van der Waals surface area contributed by atoms with E-state index in [1.54, 1.807) is 12.5 Å². The Balaban J connectivity index is -0.000000185. The zero-order valence-corrected chi connectivity index (χ0v) is 33.4. The van der Waals surface area contributed by atoms with Gasteiger partial charge < -0.3 is 51.7 Å². The second-order valence-electron chi connectivity index (χ2n) is 10.7. The van der Waals surface area contributed by atoms with Crippen LogP contribution >= 0.6 is 24.4 Å². The van der Waals surface area contributed by atoms with Gasteiger partial charge in [-0.3, -0.25) is 9.59 Å². The van der Waals surface area contributed by atoms with E-state index < -0.39 is 0 Å². The van der Waals surface area contributed by atoms with E-state index in [-0.39, 0.29) is 55.9 Å². The monoisotopic (exact) mass is 813 g/mol. The Morgan fingerprint density at radius 3 is 1.55 bits per heavy atom. The second kappa shape index (κ2) is 34.7. The molecule has 12 nitrogen and oxygen atoms in total. The average molecular weight is 814 g/mol. The molecule has 0 fully saturated rings. The zero-order valence-electron chi connectivity index (χ0n) is 28.6. The van der Waals surface area contributed by atoms with Gasteiger partial charge in [-0.15, -0.1) is 0 Å². The predicted molar refractivity (Wildman–Crippen MR) is 194 cm³/mol. The molecule has 2 atom stereocenters. The van der Waals surface area contributed by atoms with E-state index in [2.05, 4.69) is 94.9 Å². The number of nitrogens with zero attached hydrogens (tertiary/aromatic N) is 7. The number of aryl methyl sites for hydroxylation is 2. The third-order valence-electron chi connectivity index (χ3n) is 5.45. The van der Waals surface area contributed by atoms with Crippen LogP contribution in [0, 0.1) is 33.2 Å². The second-order valence-corrected chi connectivity index (χ2v) is 11.5. The Hall–Kier alpha value is -2.64. The molecular formula is C30H47N10O2PdS4-3. The van der Waals surface area contributed by atoms with E-state index >= 15 is 0 Å². The molecule has 3 N–H and O–H groups in total. The van der Waals surface area contributed by atoms with Crippen LogP contribution in [-0.4, -0.2) is 60.6 Å². The maximum absolute atomic E-state index is 12.2. The number of H-pyrrole nitrogens is 1. The number of isothiocyanates is 2. The first-order chi connectivity index (χ1) is 21.5. The van der Waals surface area contributed by atoms with Gasteiger partial charge in [-0.25, -0.2) is 24.6 Å². The van der Waals surface area contributed by atoms with Crippen molar-refractivity contribution in [2.24, 2.45) is 25.9 Å². The van der Waals surface area contributed by atoms with Crippen molar-refractivity contribution in [2.45, 2.75) is 92.4 Å². The van der Waals surface area contributed by atoms with Crippen LogP contribution in [0.2, 0.25) is 0 Å². The van der Waals surface area contributed by atoms with Crippen LogP contribution in [0.1, 0.15) is 66.8 Å². The largest absolute Gasteiger partial charge is 0.753 e. The van der Waals surface area contributed by atoms with Gasteiger partial charge in [0, 0.05) is 69.1 Å². The summed E-state index contributed by atoms with van der Waals surface area (Å²) in [6.45, 7) is 16.0. The number of carbonyl (C=O) groups excluding carboxylic acids is 2. The third kappa shape index (κ3) is 31.7.